The van der Waals surface area contributed by atoms with E-state index in [-0.39, 0.29) is 0 Å². The number of benzene rings is 1. The number of nitrogens with zero attached hydrogens (tertiary/aromatic N) is 1. The molecular formula is C8H9BrN2O2S. The summed E-state index contributed by atoms with van der Waals surface area (Å²) < 4.78 is 25.7. The molecule has 6 heteroatoms. The van der Waals surface area contributed by atoms with Crippen LogP contribution in [0.15, 0.2) is 27.6 Å². The van der Waals surface area contributed by atoms with Crippen molar-refractivity contribution in [3.63, 3.8) is 0 Å². The number of sulfonamides is 1. The Bertz CT molecular complexity index is 472. The van der Waals surface area contributed by atoms with E-state index in [0.29, 0.717) is 17.3 Å². The van der Waals surface area contributed by atoms with Gasteiger partial charge in [-0.1, -0.05) is 6.07 Å². The van der Waals surface area contributed by atoms with Crippen LogP contribution in [0.3, 0.4) is 0 Å². The molecule has 0 aromatic heterocycles. The molecule has 0 amide bonds. The second-order valence-electron chi connectivity index (χ2n) is 3.05. The van der Waals surface area contributed by atoms with Gasteiger partial charge in [0.05, 0.1) is 12.4 Å². The second-order valence-corrected chi connectivity index (χ2v) is 5.92. The van der Waals surface area contributed by atoms with Gasteiger partial charge in [-0.2, -0.15) is 4.31 Å². The number of hydrogen-bond acceptors (Lipinski definition) is 3. The molecule has 0 aliphatic carbocycles. The molecule has 1 aromatic rings. The fourth-order valence-electron chi connectivity index (χ4n) is 1.33. The monoisotopic (exact) mass is 276 g/mol. The SMILES string of the molecule is CN1CNc2c(Br)cccc2S1(=O)=O. The molecular weight excluding hydrogens is 268 g/mol. The number of rotatable bonds is 0. The first kappa shape index (κ1) is 9.95. The van der Waals surface area contributed by atoms with Gasteiger partial charge in [-0.3, -0.25) is 0 Å². The second kappa shape index (κ2) is 3.22. The molecule has 0 saturated carbocycles. The third kappa shape index (κ3) is 1.34. The summed E-state index contributed by atoms with van der Waals surface area (Å²) in [7, 11) is -1.75. The Balaban J connectivity index is 2.71. The number of halogens is 1. The van der Waals surface area contributed by atoms with Crippen LogP contribution in [0.5, 0.6) is 0 Å². The Hall–Kier alpha value is -0.590. The highest BCUT2D eigenvalue weighted by Gasteiger charge is 2.29. The van der Waals surface area contributed by atoms with Crippen molar-refractivity contribution >= 4 is 31.6 Å². The summed E-state index contributed by atoms with van der Waals surface area (Å²) in [5.74, 6) is 0. The third-order valence-electron chi connectivity index (χ3n) is 2.14. The van der Waals surface area contributed by atoms with Gasteiger partial charge in [0, 0.05) is 11.5 Å². The van der Waals surface area contributed by atoms with Gasteiger partial charge >= 0.3 is 0 Å². The number of fused-ring (bicyclic) bond motifs is 1. The van der Waals surface area contributed by atoms with Crippen molar-refractivity contribution in [2.75, 3.05) is 19.0 Å². The van der Waals surface area contributed by atoms with Crippen LogP contribution in [-0.4, -0.2) is 26.4 Å². The molecule has 0 radical (unpaired) electrons. The lowest BCUT2D eigenvalue weighted by atomic mass is 10.3. The Morgan fingerprint density at radius 2 is 2.21 bits per heavy atom. The molecule has 0 atom stereocenters. The van der Waals surface area contributed by atoms with Crippen LogP contribution in [0.4, 0.5) is 5.69 Å². The smallest absolute Gasteiger partial charge is 0.246 e. The summed E-state index contributed by atoms with van der Waals surface area (Å²) >= 11 is 3.31. The maximum Gasteiger partial charge on any atom is 0.246 e. The quantitative estimate of drug-likeness (QED) is 0.781. The van der Waals surface area contributed by atoms with E-state index in [9.17, 15) is 8.42 Å². The van der Waals surface area contributed by atoms with Gasteiger partial charge in [0.25, 0.3) is 0 Å². The maximum absolute atomic E-state index is 11.8. The zero-order valence-electron chi connectivity index (χ0n) is 7.49. The minimum absolute atomic E-state index is 0.304. The normalized spacial score (nSPS) is 19.9. The summed E-state index contributed by atoms with van der Waals surface area (Å²) in [6, 6.07) is 5.12. The topological polar surface area (TPSA) is 49.4 Å². The summed E-state index contributed by atoms with van der Waals surface area (Å²) in [5, 5.41) is 3.04. The lowest BCUT2D eigenvalue weighted by Crippen LogP contribution is -2.36. The molecule has 4 nitrogen and oxygen atoms in total. The van der Waals surface area contributed by atoms with Crippen LogP contribution in [0.1, 0.15) is 0 Å². The zero-order chi connectivity index (χ0) is 10.3. The first-order chi connectivity index (χ1) is 6.53. The molecule has 76 valence electrons. The number of nitrogens with one attached hydrogen (secondary N) is 1. The van der Waals surface area contributed by atoms with Gasteiger partial charge < -0.3 is 5.32 Å². The predicted octanol–water partition coefficient (Wildman–Crippen LogP) is 1.45. The van der Waals surface area contributed by atoms with Crippen LogP contribution in [0.2, 0.25) is 0 Å². The largest absolute Gasteiger partial charge is 0.369 e. The van der Waals surface area contributed by atoms with Gasteiger partial charge in [0.2, 0.25) is 10.0 Å². The average Bonchev–Trinajstić information content (AvgIpc) is 2.13. The lowest BCUT2D eigenvalue weighted by molar-refractivity contribution is 0.482. The van der Waals surface area contributed by atoms with Crippen LogP contribution in [0.25, 0.3) is 0 Å². The third-order valence-corrected chi connectivity index (χ3v) is 4.65. The Kier molecular flexibility index (Phi) is 2.29. The molecule has 1 aromatic carbocycles. The minimum Gasteiger partial charge on any atom is -0.369 e. The molecule has 1 heterocycles. The van der Waals surface area contributed by atoms with E-state index in [2.05, 4.69) is 21.2 Å². The van der Waals surface area contributed by atoms with Crippen molar-refractivity contribution in [3.8, 4) is 0 Å². The summed E-state index contributed by atoms with van der Waals surface area (Å²) in [6.45, 7) is 0.304. The molecule has 2 rings (SSSR count). The minimum atomic E-state index is -3.30. The molecule has 1 aliphatic heterocycles. The average molecular weight is 277 g/mol. The molecule has 0 fully saturated rings. The Morgan fingerprint density at radius 3 is 2.93 bits per heavy atom. The maximum atomic E-state index is 11.8. The van der Waals surface area contributed by atoms with Crippen LogP contribution < -0.4 is 5.32 Å². The van der Waals surface area contributed by atoms with Gasteiger partial charge in [0.1, 0.15) is 4.90 Å². The van der Waals surface area contributed by atoms with Gasteiger partial charge in [-0.05, 0) is 28.1 Å². The molecule has 1 aliphatic rings. The Morgan fingerprint density at radius 1 is 1.50 bits per heavy atom. The van der Waals surface area contributed by atoms with Crippen molar-refractivity contribution in [1.29, 1.82) is 0 Å². The van der Waals surface area contributed by atoms with E-state index in [1.165, 1.54) is 4.31 Å². The molecule has 0 spiro atoms. The van der Waals surface area contributed by atoms with E-state index in [4.69, 9.17) is 0 Å². The zero-order valence-corrected chi connectivity index (χ0v) is 9.89. The fourth-order valence-corrected chi connectivity index (χ4v) is 3.23. The van der Waals surface area contributed by atoms with Crippen LogP contribution >= 0.6 is 15.9 Å². The fraction of sp³-hybridized carbons (Fsp3) is 0.250. The van der Waals surface area contributed by atoms with E-state index in [0.717, 1.165) is 4.47 Å². The molecule has 0 bridgehead atoms. The van der Waals surface area contributed by atoms with Crippen molar-refractivity contribution in [2.24, 2.45) is 0 Å². The van der Waals surface area contributed by atoms with Crippen molar-refractivity contribution in [3.05, 3.63) is 22.7 Å². The highest BCUT2D eigenvalue weighted by atomic mass is 79.9. The number of anilines is 1. The number of para-hydroxylation sites is 1. The number of hydrogen-bond donors (Lipinski definition) is 1. The van der Waals surface area contributed by atoms with Crippen molar-refractivity contribution in [1.82, 2.24) is 4.31 Å². The van der Waals surface area contributed by atoms with Crippen LogP contribution in [0, 0.1) is 0 Å². The van der Waals surface area contributed by atoms with Gasteiger partial charge in [0.15, 0.2) is 0 Å². The lowest BCUT2D eigenvalue weighted by Gasteiger charge is -2.26. The van der Waals surface area contributed by atoms with E-state index < -0.39 is 10.0 Å². The summed E-state index contributed by atoms with van der Waals surface area (Å²) in [5.41, 5.74) is 0.644. The van der Waals surface area contributed by atoms with Gasteiger partial charge in [-0.15, -0.1) is 0 Å². The van der Waals surface area contributed by atoms with Crippen molar-refractivity contribution < 1.29 is 8.42 Å². The first-order valence-electron chi connectivity index (χ1n) is 4.02. The highest BCUT2D eigenvalue weighted by Crippen LogP contribution is 2.33. The molecule has 0 saturated heterocycles. The molecule has 0 unspecified atom stereocenters. The van der Waals surface area contributed by atoms with E-state index >= 15 is 0 Å². The van der Waals surface area contributed by atoms with E-state index in [1.807, 2.05) is 6.07 Å². The summed E-state index contributed by atoms with van der Waals surface area (Å²) in [4.78, 5) is 0.320. The molecule has 1 N–H and O–H groups in total. The van der Waals surface area contributed by atoms with Crippen LogP contribution in [-0.2, 0) is 10.0 Å². The standard InChI is InChI=1S/C8H9BrN2O2S/c1-11-5-10-8-6(9)3-2-4-7(8)14(11,12)13/h2-4,10H,5H2,1H3. The molecule has 14 heavy (non-hydrogen) atoms. The highest BCUT2D eigenvalue weighted by molar-refractivity contribution is 9.10. The first-order valence-corrected chi connectivity index (χ1v) is 6.25. The Labute approximate surface area is 91.1 Å². The predicted molar refractivity (Wildman–Crippen MR) is 57.6 cm³/mol. The van der Waals surface area contributed by atoms with E-state index in [1.54, 1.807) is 19.2 Å². The summed E-state index contributed by atoms with van der Waals surface area (Å²) in [6.07, 6.45) is 0. The van der Waals surface area contributed by atoms with Crippen molar-refractivity contribution in [2.45, 2.75) is 4.90 Å². The van der Waals surface area contributed by atoms with Gasteiger partial charge in [-0.25, -0.2) is 8.42 Å².